The molecule has 0 fully saturated rings. The molecule has 4 nitrogen and oxygen atoms in total. The number of aromatic nitrogens is 4. The first-order chi connectivity index (χ1) is 16.4. The predicted octanol–water partition coefficient (Wildman–Crippen LogP) is 9.23. The van der Waals surface area contributed by atoms with Crippen molar-refractivity contribution in [3.8, 4) is 5.82 Å². The van der Waals surface area contributed by atoms with Crippen LogP contribution >= 0.6 is 21.6 Å². The van der Waals surface area contributed by atoms with E-state index in [0.717, 1.165) is 23.2 Å². The first-order valence-electron chi connectivity index (χ1n) is 13.5. The molecule has 0 bridgehead atoms. The second-order valence-corrected chi connectivity index (χ2v) is 11.4. The van der Waals surface area contributed by atoms with Gasteiger partial charge in [-0.05, 0) is 35.8 Å². The Balaban J connectivity index is 1.69. The molecule has 0 unspecified atom stereocenters. The van der Waals surface area contributed by atoms with Crippen molar-refractivity contribution >= 4 is 21.6 Å². The van der Waals surface area contributed by atoms with E-state index >= 15 is 0 Å². The Morgan fingerprint density at radius 1 is 0.697 bits per heavy atom. The Labute approximate surface area is 210 Å². The van der Waals surface area contributed by atoms with E-state index in [1.807, 2.05) is 29.1 Å². The molecule has 2 heterocycles. The Kier molecular flexibility index (Phi) is 16.5. The largest absolute Gasteiger partial charge is 0.257 e. The van der Waals surface area contributed by atoms with Crippen molar-refractivity contribution in [2.45, 2.75) is 128 Å². The molecule has 0 atom stereocenters. The fraction of sp³-hybridized carbons (Fsp3) is 0.741. The Morgan fingerprint density at radius 3 is 1.91 bits per heavy atom. The van der Waals surface area contributed by atoms with Gasteiger partial charge in [0.1, 0.15) is 11.6 Å². The molecule has 0 radical (unpaired) electrons. The van der Waals surface area contributed by atoms with Crippen LogP contribution in [0.5, 0.6) is 0 Å². The first-order valence-corrected chi connectivity index (χ1v) is 15.8. The smallest absolute Gasteiger partial charge is 0.207 e. The topological polar surface area (TPSA) is 43.6 Å². The maximum absolute atomic E-state index is 4.58. The van der Waals surface area contributed by atoms with Crippen molar-refractivity contribution in [1.82, 2.24) is 19.7 Å². The minimum atomic E-state index is 0.936. The lowest BCUT2D eigenvalue weighted by Crippen LogP contribution is -2.04. The highest BCUT2D eigenvalue weighted by atomic mass is 33.1. The quantitative estimate of drug-likeness (QED) is 0.129. The molecule has 2 aromatic rings. The van der Waals surface area contributed by atoms with Crippen LogP contribution in [-0.2, 0) is 6.42 Å². The summed E-state index contributed by atoms with van der Waals surface area (Å²) in [6.45, 7) is 4.55. The molecule has 0 spiro atoms. The Bertz CT molecular complexity index is 705. The molecule has 0 saturated carbocycles. The van der Waals surface area contributed by atoms with Gasteiger partial charge in [0.2, 0.25) is 5.16 Å². The van der Waals surface area contributed by atoms with Crippen molar-refractivity contribution in [3.05, 3.63) is 30.2 Å². The van der Waals surface area contributed by atoms with Crippen LogP contribution in [0.25, 0.3) is 5.82 Å². The SMILES string of the molecule is CCCCCCCCCCCCSSc1nnc(CCCCCCCC)n1-c1ccccn1. The Morgan fingerprint density at radius 2 is 1.30 bits per heavy atom. The first kappa shape index (κ1) is 28.2. The van der Waals surface area contributed by atoms with Gasteiger partial charge >= 0.3 is 0 Å². The van der Waals surface area contributed by atoms with Gasteiger partial charge in [0.05, 0.1) is 0 Å². The summed E-state index contributed by atoms with van der Waals surface area (Å²) >= 11 is 0. The average molecular weight is 491 g/mol. The molecule has 0 aliphatic carbocycles. The number of aryl methyl sites for hydroxylation is 1. The van der Waals surface area contributed by atoms with Crippen LogP contribution in [-0.4, -0.2) is 25.5 Å². The van der Waals surface area contributed by atoms with Crippen molar-refractivity contribution in [1.29, 1.82) is 0 Å². The molecular formula is C27H46N4S2. The van der Waals surface area contributed by atoms with E-state index < -0.39 is 0 Å². The van der Waals surface area contributed by atoms with Crippen LogP contribution in [0.2, 0.25) is 0 Å². The van der Waals surface area contributed by atoms with Gasteiger partial charge in [0, 0.05) is 18.4 Å². The van der Waals surface area contributed by atoms with E-state index in [1.165, 1.54) is 108 Å². The van der Waals surface area contributed by atoms with Crippen LogP contribution in [0.4, 0.5) is 0 Å². The standard InChI is InChI=1S/C27H46N4S2/c1-3-5-7-9-11-12-13-14-16-20-24-32-33-27-30-29-26(22-17-15-10-8-6-4-2)31(27)25-21-18-19-23-28-25/h18-19,21,23H,3-17,20,22,24H2,1-2H3. The van der Waals surface area contributed by atoms with Crippen LogP contribution in [0, 0.1) is 0 Å². The number of rotatable bonds is 21. The molecule has 0 aliphatic heterocycles. The van der Waals surface area contributed by atoms with E-state index in [4.69, 9.17) is 0 Å². The highest BCUT2D eigenvalue weighted by molar-refractivity contribution is 8.76. The predicted molar refractivity (Wildman–Crippen MR) is 146 cm³/mol. The third kappa shape index (κ3) is 12.3. The number of unbranched alkanes of at least 4 members (excludes halogenated alkanes) is 14. The van der Waals surface area contributed by atoms with E-state index in [1.54, 1.807) is 10.8 Å². The summed E-state index contributed by atoms with van der Waals surface area (Å²) in [4.78, 5) is 4.58. The van der Waals surface area contributed by atoms with Crippen molar-refractivity contribution in [3.63, 3.8) is 0 Å². The van der Waals surface area contributed by atoms with Gasteiger partial charge in [-0.25, -0.2) is 4.98 Å². The van der Waals surface area contributed by atoms with Crippen molar-refractivity contribution in [2.24, 2.45) is 0 Å². The summed E-state index contributed by atoms with van der Waals surface area (Å²) in [5, 5.41) is 10.0. The molecule has 0 aromatic carbocycles. The summed E-state index contributed by atoms with van der Waals surface area (Å²) in [5.41, 5.74) is 0. The highest BCUT2D eigenvalue weighted by Gasteiger charge is 2.15. The lowest BCUT2D eigenvalue weighted by atomic mass is 10.1. The summed E-state index contributed by atoms with van der Waals surface area (Å²) < 4.78 is 2.17. The average Bonchev–Trinajstić information content (AvgIpc) is 3.25. The van der Waals surface area contributed by atoms with Crippen LogP contribution < -0.4 is 0 Å². The fourth-order valence-electron chi connectivity index (χ4n) is 4.04. The summed E-state index contributed by atoms with van der Waals surface area (Å²) in [6, 6.07) is 6.07. The zero-order valence-corrected chi connectivity index (χ0v) is 22.8. The second kappa shape index (κ2) is 19.3. The maximum Gasteiger partial charge on any atom is 0.207 e. The van der Waals surface area contributed by atoms with Crippen LogP contribution in [0.1, 0.15) is 122 Å². The number of hydrogen-bond acceptors (Lipinski definition) is 5. The zero-order valence-electron chi connectivity index (χ0n) is 21.1. The van der Waals surface area contributed by atoms with E-state index in [2.05, 4.69) is 39.7 Å². The molecule has 0 saturated heterocycles. The van der Waals surface area contributed by atoms with Gasteiger partial charge in [0.25, 0.3) is 0 Å². The molecule has 0 aliphatic rings. The van der Waals surface area contributed by atoms with E-state index in [9.17, 15) is 0 Å². The van der Waals surface area contributed by atoms with E-state index in [0.29, 0.717) is 0 Å². The Hall–Kier alpha value is -1.01. The molecule has 6 heteroatoms. The molecular weight excluding hydrogens is 444 g/mol. The number of nitrogens with zero attached hydrogens (tertiary/aromatic N) is 4. The summed E-state index contributed by atoms with van der Waals surface area (Å²) in [7, 11) is 3.67. The van der Waals surface area contributed by atoms with Crippen molar-refractivity contribution in [2.75, 3.05) is 5.75 Å². The molecule has 0 N–H and O–H groups in total. The molecule has 2 rings (SSSR count). The molecule has 33 heavy (non-hydrogen) atoms. The third-order valence-electron chi connectivity index (χ3n) is 6.05. The minimum absolute atomic E-state index is 0.936. The maximum atomic E-state index is 4.58. The minimum Gasteiger partial charge on any atom is -0.257 e. The lowest BCUT2D eigenvalue weighted by molar-refractivity contribution is 0.563. The third-order valence-corrected chi connectivity index (χ3v) is 8.33. The second-order valence-electron chi connectivity index (χ2n) is 9.03. The van der Waals surface area contributed by atoms with Gasteiger partial charge in [-0.2, -0.15) is 0 Å². The highest BCUT2D eigenvalue weighted by Crippen LogP contribution is 2.32. The van der Waals surface area contributed by atoms with Gasteiger partial charge in [-0.15, -0.1) is 10.2 Å². The summed E-state index contributed by atoms with van der Waals surface area (Å²) in [5.74, 6) is 3.15. The van der Waals surface area contributed by atoms with Gasteiger partial charge in [0.15, 0.2) is 0 Å². The molecule has 0 amide bonds. The van der Waals surface area contributed by atoms with Gasteiger partial charge < -0.3 is 0 Å². The molecule has 186 valence electrons. The zero-order chi connectivity index (χ0) is 23.4. The van der Waals surface area contributed by atoms with Crippen molar-refractivity contribution < 1.29 is 0 Å². The van der Waals surface area contributed by atoms with E-state index in [-0.39, 0.29) is 0 Å². The summed E-state index contributed by atoms with van der Waals surface area (Å²) in [6.07, 6.45) is 24.4. The molecule has 2 aromatic heterocycles. The fourth-order valence-corrected chi connectivity index (χ4v) is 6.14. The monoisotopic (exact) mass is 490 g/mol. The number of pyridine rings is 1. The van der Waals surface area contributed by atoms with Crippen LogP contribution in [0.3, 0.4) is 0 Å². The normalized spacial score (nSPS) is 11.3. The van der Waals surface area contributed by atoms with Gasteiger partial charge in [-0.1, -0.05) is 121 Å². The van der Waals surface area contributed by atoms with Gasteiger partial charge in [-0.3, -0.25) is 4.57 Å². The number of hydrogen-bond donors (Lipinski definition) is 0. The lowest BCUT2D eigenvalue weighted by Gasteiger charge is -2.09. The van der Waals surface area contributed by atoms with Crippen LogP contribution in [0.15, 0.2) is 29.6 Å².